The Bertz CT molecular complexity index is 1020. The Balaban J connectivity index is 1.90. The van der Waals surface area contributed by atoms with Gasteiger partial charge in [-0.15, -0.1) is 0 Å². The van der Waals surface area contributed by atoms with E-state index >= 15 is 0 Å². The number of nitrogens with one attached hydrogen (secondary N) is 1. The van der Waals surface area contributed by atoms with E-state index in [2.05, 4.69) is 24.3 Å². The molecule has 1 saturated heterocycles. The Kier molecular flexibility index (Phi) is 4.52. The minimum absolute atomic E-state index is 0.0501. The number of aliphatic hydroxyl groups is 1. The molecule has 29 heavy (non-hydrogen) atoms. The maximum Gasteiger partial charge on any atom is 0.161 e. The molecule has 3 aromatic rings. The molecule has 0 saturated carbocycles. The van der Waals surface area contributed by atoms with Gasteiger partial charge in [-0.25, -0.2) is 0 Å². The monoisotopic (exact) mass is 394 g/mol. The number of ether oxygens (including phenoxy) is 3. The number of methoxy groups -OCH3 is 3. The number of fused-ring (bicyclic) bond motifs is 7. The van der Waals surface area contributed by atoms with Crippen molar-refractivity contribution in [3.05, 3.63) is 41.0 Å². The van der Waals surface area contributed by atoms with Crippen molar-refractivity contribution < 1.29 is 24.2 Å². The van der Waals surface area contributed by atoms with Crippen LogP contribution in [-0.2, 0) is 19.6 Å². The first-order valence-corrected chi connectivity index (χ1v) is 10.3. The molecule has 5 rings (SSSR count). The van der Waals surface area contributed by atoms with Crippen molar-refractivity contribution in [2.24, 2.45) is 0 Å². The zero-order valence-corrected chi connectivity index (χ0v) is 17.3. The largest absolute Gasteiger partial charge is 0.496 e. The third-order valence-electron chi connectivity index (χ3n) is 6.90. The topological polar surface area (TPSA) is 52.4 Å². The molecule has 2 heterocycles. The minimum atomic E-state index is -0.0501. The number of benzene rings is 3. The number of hydrogen-bond donors (Lipinski definition) is 2. The van der Waals surface area contributed by atoms with Crippen LogP contribution in [0.2, 0.25) is 0 Å². The lowest BCUT2D eigenvalue weighted by molar-refractivity contribution is -0.927. The zero-order chi connectivity index (χ0) is 20.1. The second-order valence-corrected chi connectivity index (χ2v) is 8.21. The van der Waals surface area contributed by atoms with E-state index < -0.39 is 0 Å². The predicted octanol–water partition coefficient (Wildman–Crippen LogP) is 2.61. The van der Waals surface area contributed by atoms with E-state index in [9.17, 15) is 5.11 Å². The molecule has 2 unspecified atom stereocenters. The standard InChI is InChI=1S/C24H27NO4/c1-27-22-9-18-16(7-14(22)13-26)19-10-23(28-2)24(29-3)11-20(19)21-12-25-6-4-5-15(25)8-17(18)21/h7,9-11,15,26H,4-6,8,12-13H2,1-3H3/p+1. The molecular formula is C24H28NO4+. The van der Waals surface area contributed by atoms with Gasteiger partial charge in [0.15, 0.2) is 11.5 Å². The molecule has 0 amide bonds. The summed E-state index contributed by atoms with van der Waals surface area (Å²) in [7, 11) is 5.03. The fourth-order valence-electron chi connectivity index (χ4n) is 5.46. The van der Waals surface area contributed by atoms with Crippen LogP contribution in [-0.4, -0.2) is 39.0 Å². The lowest BCUT2D eigenvalue weighted by atomic mass is 9.84. The summed E-state index contributed by atoms with van der Waals surface area (Å²) in [5.41, 5.74) is 3.65. The Morgan fingerprint density at radius 3 is 2.17 bits per heavy atom. The Hall–Kier alpha value is -2.50. The molecule has 0 bridgehead atoms. The first kappa shape index (κ1) is 18.5. The number of aliphatic hydroxyl groups excluding tert-OH is 1. The Labute approximate surface area is 170 Å². The van der Waals surface area contributed by atoms with Crippen LogP contribution >= 0.6 is 0 Å². The SMILES string of the molecule is COc1cc2c3c(c4cc(OC)c(OC)cc4c2cc1CO)C[NH+]1CCCC1C3. The third kappa shape index (κ3) is 2.75. The van der Waals surface area contributed by atoms with Gasteiger partial charge in [-0.2, -0.15) is 0 Å². The highest BCUT2D eigenvalue weighted by Gasteiger charge is 2.36. The maximum absolute atomic E-state index is 9.90. The van der Waals surface area contributed by atoms with Crippen LogP contribution in [0.25, 0.3) is 21.5 Å². The quantitative estimate of drug-likeness (QED) is 0.668. The zero-order valence-electron chi connectivity index (χ0n) is 17.3. The van der Waals surface area contributed by atoms with Gasteiger partial charge in [0.2, 0.25) is 0 Å². The molecule has 5 nitrogen and oxygen atoms in total. The van der Waals surface area contributed by atoms with Crippen LogP contribution < -0.4 is 19.1 Å². The first-order chi connectivity index (χ1) is 14.2. The van der Waals surface area contributed by atoms with E-state index in [1.165, 1.54) is 41.3 Å². The lowest BCUT2D eigenvalue weighted by Gasteiger charge is -2.31. The van der Waals surface area contributed by atoms with Crippen molar-refractivity contribution >= 4 is 21.5 Å². The molecule has 1 fully saturated rings. The summed E-state index contributed by atoms with van der Waals surface area (Å²) < 4.78 is 16.8. The van der Waals surface area contributed by atoms with E-state index in [0.29, 0.717) is 6.04 Å². The summed E-state index contributed by atoms with van der Waals surface area (Å²) in [6, 6.07) is 9.11. The third-order valence-corrected chi connectivity index (χ3v) is 6.90. The van der Waals surface area contributed by atoms with E-state index in [1.54, 1.807) is 26.2 Å². The summed E-state index contributed by atoms with van der Waals surface area (Å²) in [6.45, 7) is 2.25. The molecule has 0 aromatic heterocycles. The highest BCUT2D eigenvalue weighted by atomic mass is 16.5. The van der Waals surface area contributed by atoms with Gasteiger partial charge >= 0.3 is 0 Å². The van der Waals surface area contributed by atoms with Gasteiger partial charge in [-0.3, -0.25) is 0 Å². The summed E-state index contributed by atoms with van der Waals surface area (Å²) in [6.07, 6.45) is 3.69. The fourth-order valence-corrected chi connectivity index (χ4v) is 5.46. The Morgan fingerprint density at radius 1 is 0.862 bits per heavy atom. The number of rotatable bonds is 4. The van der Waals surface area contributed by atoms with E-state index in [0.717, 1.165) is 46.6 Å². The second-order valence-electron chi connectivity index (χ2n) is 8.21. The highest BCUT2D eigenvalue weighted by Crippen LogP contribution is 2.42. The van der Waals surface area contributed by atoms with Gasteiger partial charge in [0.05, 0.1) is 40.5 Å². The average Bonchev–Trinajstić information content (AvgIpc) is 3.23. The van der Waals surface area contributed by atoms with Crippen molar-refractivity contribution in [1.82, 2.24) is 0 Å². The van der Waals surface area contributed by atoms with E-state index in [1.807, 2.05) is 0 Å². The predicted molar refractivity (Wildman–Crippen MR) is 113 cm³/mol. The molecule has 0 aliphatic carbocycles. The van der Waals surface area contributed by atoms with Crippen molar-refractivity contribution in [3.63, 3.8) is 0 Å². The van der Waals surface area contributed by atoms with Gasteiger partial charge in [0.1, 0.15) is 12.3 Å². The highest BCUT2D eigenvalue weighted by molar-refractivity contribution is 6.12. The minimum Gasteiger partial charge on any atom is -0.496 e. The molecular weight excluding hydrogens is 366 g/mol. The summed E-state index contributed by atoms with van der Waals surface area (Å²) >= 11 is 0. The van der Waals surface area contributed by atoms with Crippen molar-refractivity contribution in [2.45, 2.75) is 38.5 Å². The van der Waals surface area contributed by atoms with Gasteiger partial charge in [-0.05, 0) is 51.4 Å². The average molecular weight is 394 g/mol. The normalized spacial score (nSPS) is 20.6. The number of hydrogen-bond acceptors (Lipinski definition) is 4. The number of quaternary nitrogens is 1. The van der Waals surface area contributed by atoms with Gasteiger partial charge < -0.3 is 24.2 Å². The molecule has 0 radical (unpaired) electrons. The molecule has 3 aromatic carbocycles. The smallest absolute Gasteiger partial charge is 0.161 e. The van der Waals surface area contributed by atoms with Gasteiger partial charge in [0.25, 0.3) is 0 Å². The van der Waals surface area contributed by atoms with Crippen molar-refractivity contribution in [2.75, 3.05) is 27.9 Å². The molecule has 5 heteroatoms. The van der Waals surface area contributed by atoms with Crippen LogP contribution in [0.4, 0.5) is 0 Å². The van der Waals surface area contributed by atoms with Crippen molar-refractivity contribution in [1.29, 1.82) is 0 Å². The molecule has 2 N–H and O–H groups in total. The molecule has 0 spiro atoms. The molecule has 2 atom stereocenters. The van der Waals surface area contributed by atoms with Gasteiger partial charge in [-0.1, -0.05) is 0 Å². The molecule has 152 valence electrons. The first-order valence-electron chi connectivity index (χ1n) is 10.3. The van der Waals surface area contributed by atoms with Crippen LogP contribution in [0.5, 0.6) is 17.2 Å². The van der Waals surface area contributed by atoms with Gasteiger partial charge in [0, 0.05) is 30.4 Å². The van der Waals surface area contributed by atoms with Crippen LogP contribution in [0.1, 0.15) is 29.5 Å². The Morgan fingerprint density at radius 2 is 1.48 bits per heavy atom. The lowest BCUT2D eigenvalue weighted by Crippen LogP contribution is -3.13. The second kappa shape index (κ2) is 7.08. The van der Waals surface area contributed by atoms with Crippen LogP contribution in [0, 0.1) is 0 Å². The van der Waals surface area contributed by atoms with Crippen LogP contribution in [0.3, 0.4) is 0 Å². The molecule has 2 aliphatic heterocycles. The van der Waals surface area contributed by atoms with Crippen molar-refractivity contribution in [3.8, 4) is 17.2 Å². The summed E-state index contributed by atoms with van der Waals surface area (Å²) in [5.74, 6) is 2.24. The maximum atomic E-state index is 9.90. The molecule has 2 aliphatic rings. The summed E-state index contributed by atoms with van der Waals surface area (Å²) in [5, 5.41) is 14.7. The summed E-state index contributed by atoms with van der Waals surface area (Å²) in [4.78, 5) is 1.70. The van der Waals surface area contributed by atoms with Crippen LogP contribution in [0.15, 0.2) is 24.3 Å². The van der Waals surface area contributed by atoms with E-state index in [4.69, 9.17) is 14.2 Å². The fraction of sp³-hybridized carbons (Fsp3) is 0.417. The van der Waals surface area contributed by atoms with E-state index in [-0.39, 0.29) is 6.61 Å².